The maximum atomic E-state index is 14.0. The number of carbonyl (C=O) groups excluding carboxylic acids is 3. The number of hydrogen-bond donors (Lipinski definition) is 0. The highest BCUT2D eigenvalue weighted by molar-refractivity contribution is 6.38. The Kier molecular flexibility index (Phi) is 7.59. The Bertz CT molecular complexity index is 1530. The van der Waals surface area contributed by atoms with Crippen LogP contribution < -0.4 is 14.4 Å². The highest BCUT2D eigenvalue weighted by Crippen LogP contribution is 2.46. The molecule has 1 heterocycles. The van der Waals surface area contributed by atoms with Gasteiger partial charge in [-0.1, -0.05) is 73.7 Å². The predicted molar refractivity (Wildman–Crippen MR) is 148 cm³/mol. The monoisotopic (exact) mass is 523 g/mol. The topological polar surface area (TPSA) is 82.1 Å². The summed E-state index contributed by atoms with van der Waals surface area (Å²) in [6.07, 6.45) is 0.844. The normalized spacial score (nSPS) is 12.5. The molecule has 0 aromatic heterocycles. The Morgan fingerprint density at radius 2 is 1.31 bits per heavy atom. The van der Waals surface area contributed by atoms with E-state index < -0.39 is 11.8 Å². The second-order valence-corrected chi connectivity index (χ2v) is 9.17. The lowest BCUT2D eigenvalue weighted by molar-refractivity contribution is -0.142. The van der Waals surface area contributed by atoms with Gasteiger partial charge in [-0.25, -0.2) is 4.90 Å². The summed E-state index contributed by atoms with van der Waals surface area (Å²) < 4.78 is 17.4. The van der Waals surface area contributed by atoms with Crippen molar-refractivity contribution in [1.82, 2.24) is 0 Å². The molecular formula is C32H29NO6. The number of benzene rings is 4. The van der Waals surface area contributed by atoms with Crippen LogP contribution in [0.2, 0.25) is 0 Å². The number of hydrogen-bond acceptors (Lipinski definition) is 6. The first-order chi connectivity index (χ1) is 19.0. The van der Waals surface area contributed by atoms with E-state index in [-0.39, 0.29) is 30.1 Å². The van der Waals surface area contributed by atoms with Crippen molar-refractivity contribution in [2.24, 2.45) is 0 Å². The number of esters is 1. The van der Waals surface area contributed by atoms with Gasteiger partial charge in [0.25, 0.3) is 11.8 Å². The Hall–Kier alpha value is -4.65. The van der Waals surface area contributed by atoms with Crippen LogP contribution in [0.1, 0.15) is 52.1 Å². The Morgan fingerprint density at radius 1 is 0.718 bits per heavy atom. The average Bonchev–Trinajstić information content (AvgIpc) is 3.21. The number of carbonyl (C=O) groups is 3. The number of nitrogens with zero attached hydrogens (tertiary/aromatic N) is 1. The van der Waals surface area contributed by atoms with E-state index in [2.05, 4.69) is 0 Å². The Morgan fingerprint density at radius 3 is 1.90 bits per heavy atom. The van der Waals surface area contributed by atoms with E-state index in [9.17, 15) is 14.4 Å². The second kappa shape index (κ2) is 11.4. The molecule has 2 amide bonds. The van der Waals surface area contributed by atoms with Crippen LogP contribution in [-0.4, -0.2) is 31.0 Å². The SMILES string of the molecule is CCCOc1c2c(c(OCc3ccccc3)c3ccccc13)C(=O)N(c1ccc(CC(=O)OCC)cc1)C2=O. The van der Waals surface area contributed by atoms with Crippen molar-refractivity contribution in [3.05, 3.63) is 101 Å². The molecule has 5 rings (SSSR count). The van der Waals surface area contributed by atoms with Crippen molar-refractivity contribution in [1.29, 1.82) is 0 Å². The van der Waals surface area contributed by atoms with E-state index in [1.54, 1.807) is 31.2 Å². The van der Waals surface area contributed by atoms with Gasteiger partial charge in [-0.2, -0.15) is 0 Å². The summed E-state index contributed by atoms with van der Waals surface area (Å²) in [4.78, 5) is 40.9. The lowest BCUT2D eigenvalue weighted by atomic mass is 9.99. The zero-order valence-electron chi connectivity index (χ0n) is 21.9. The quantitative estimate of drug-likeness (QED) is 0.184. The van der Waals surface area contributed by atoms with Gasteiger partial charge in [0.15, 0.2) is 0 Å². The largest absolute Gasteiger partial charge is 0.492 e. The third-order valence-electron chi connectivity index (χ3n) is 6.48. The summed E-state index contributed by atoms with van der Waals surface area (Å²) in [6.45, 7) is 4.67. The van der Waals surface area contributed by atoms with E-state index in [1.165, 1.54) is 0 Å². The summed E-state index contributed by atoms with van der Waals surface area (Å²) in [5.74, 6) is -0.559. The number of amides is 2. The van der Waals surface area contributed by atoms with Crippen molar-refractivity contribution in [2.45, 2.75) is 33.3 Å². The molecular weight excluding hydrogens is 494 g/mol. The smallest absolute Gasteiger partial charge is 0.310 e. The molecule has 7 heteroatoms. The van der Waals surface area contributed by atoms with Crippen molar-refractivity contribution in [3.63, 3.8) is 0 Å². The number of anilines is 1. The molecule has 39 heavy (non-hydrogen) atoms. The second-order valence-electron chi connectivity index (χ2n) is 9.17. The van der Waals surface area contributed by atoms with E-state index >= 15 is 0 Å². The zero-order valence-corrected chi connectivity index (χ0v) is 21.9. The maximum Gasteiger partial charge on any atom is 0.310 e. The molecule has 0 fully saturated rings. The number of rotatable bonds is 10. The van der Waals surface area contributed by atoms with E-state index in [1.807, 2.05) is 61.5 Å². The minimum absolute atomic E-state index is 0.105. The summed E-state index contributed by atoms with van der Waals surface area (Å²) in [5, 5.41) is 1.41. The molecule has 4 aromatic rings. The van der Waals surface area contributed by atoms with Gasteiger partial charge in [-0.15, -0.1) is 0 Å². The first-order valence-electron chi connectivity index (χ1n) is 13.0. The lowest BCUT2D eigenvalue weighted by Gasteiger charge is -2.17. The van der Waals surface area contributed by atoms with Gasteiger partial charge in [0.05, 0.1) is 36.4 Å². The van der Waals surface area contributed by atoms with Crippen LogP contribution in [0, 0.1) is 0 Å². The Balaban J connectivity index is 1.59. The molecule has 198 valence electrons. The van der Waals surface area contributed by atoms with E-state index in [4.69, 9.17) is 14.2 Å². The molecule has 0 atom stereocenters. The summed E-state index contributed by atoms with van der Waals surface area (Å²) in [7, 11) is 0. The first kappa shape index (κ1) is 26.0. The summed E-state index contributed by atoms with van der Waals surface area (Å²) in [5.41, 5.74) is 2.45. The fraction of sp³-hybridized carbons (Fsp3) is 0.219. The molecule has 0 spiro atoms. The molecule has 7 nitrogen and oxygen atoms in total. The molecule has 0 radical (unpaired) electrons. The van der Waals surface area contributed by atoms with Crippen molar-refractivity contribution in [3.8, 4) is 11.5 Å². The third-order valence-corrected chi connectivity index (χ3v) is 6.48. The number of imide groups is 1. The minimum atomic E-state index is -0.483. The van der Waals surface area contributed by atoms with Gasteiger partial charge in [0.1, 0.15) is 18.1 Å². The van der Waals surface area contributed by atoms with Crippen LogP contribution in [0.3, 0.4) is 0 Å². The molecule has 0 saturated heterocycles. The van der Waals surface area contributed by atoms with Gasteiger partial charge < -0.3 is 14.2 Å². The molecule has 0 saturated carbocycles. The summed E-state index contributed by atoms with van der Waals surface area (Å²) in [6, 6.07) is 23.9. The zero-order chi connectivity index (χ0) is 27.4. The van der Waals surface area contributed by atoms with E-state index in [0.29, 0.717) is 41.2 Å². The molecule has 1 aliphatic heterocycles. The van der Waals surface area contributed by atoms with Crippen LogP contribution in [-0.2, 0) is 22.6 Å². The molecule has 0 aliphatic carbocycles. The van der Waals surface area contributed by atoms with Gasteiger partial charge in [0, 0.05) is 10.8 Å². The van der Waals surface area contributed by atoms with Crippen LogP contribution in [0.5, 0.6) is 11.5 Å². The molecule has 0 N–H and O–H groups in total. The Labute approximate surface area is 226 Å². The highest BCUT2D eigenvalue weighted by Gasteiger charge is 2.43. The standard InChI is InChI=1S/C32H29NO6/c1-3-18-38-29-24-12-8-9-13-25(24)30(39-20-22-10-6-5-7-11-22)28-27(29)31(35)33(32(28)36)23-16-14-21(15-17-23)19-26(34)37-4-2/h5-17H,3-4,18-20H2,1-2H3. The molecule has 1 aliphatic rings. The van der Waals surface area contributed by atoms with Crippen LogP contribution in [0.4, 0.5) is 5.69 Å². The fourth-order valence-electron chi connectivity index (χ4n) is 4.71. The van der Waals surface area contributed by atoms with Crippen LogP contribution in [0.15, 0.2) is 78.9 Å². The molecule has 4 aromatic carbocycles. The fourth-order valence-corrected chi connectivity index (χ4v) is 4.71. The van der Waals surface area contributed by atoms with Gasteiger partial charge in [-0.3, -0.25) is 14.4 Å². The number of fused-ring (bicyclic) bond motifs is 2. The van der Waals surface area contributed by atoms with Crippen molar-refractivity contribution in [2.75, 3.05) is 18.1 Å². The van der Waals surface area contributed by atoms with Crippen LogP contribution >= 0.6 is 0 Å². The number of ether oxygens (including phenoxy) is 3. The maximum absolute atomic E-state index is 14.0. The van der Waals surface area contributed by atoms with Crippen molar-refractivity contribution < 1.29 is 28.6 Å². The van der Waals surface area contributed by atoms with Gasteiger partial charge >= 0.3 is 5.97 Å². The molecule has 0 bridgehead atoms. The predicted octanol–water partition coefficient (Wildman–Crippen LogP) is 6.11. The van der Waals surface area contributed by atoms with E-state index in [0.717, 1.165) is 22.4 Å². The summed E-state index contributed by atoms with van der Waals surface area (Å²) >= 11 is 0. The third kappa shape index (κ3) is 5.08. The first-order valence-corrected chi connectivity index (χ1v) is 13.0. The lowest BCUT2D eigenvalue weighted by Crippen LogP contribution is -2.29. The minimum Gasteiger partial charge on any atom is -0.492 e. The van der Waals surface area contributed by atoms with Gasteiger partial charge in [-0.05, 0) is 36.6 Å². The van der Waals surface area contributed by atoms with Crippen molar-refractivity contribution >= 4 is 34.2 Å². The average molecular weight is 524 g/mol. The molecule has 0 unspecified atom stereocenters. The highest BCUT2D eigenvalue weighted by atomic mass is 16.5. The van der Waals surface area contributed by atoms with Gasteiger partial charge in [0.2, 0.25) is 0 Å². The van der Waals surface area contributed by atoms with Crippen LogP contribution in [0.25, 0.3) is 10.8 Å².